The van der Waals surface area contributed by atoms with Crippen LogP contribution in [0.2, 0.25) is 0 Å². The molecular weight excluding hydrogens is 424 g/mol. The molecule has 0 aliphatic rings. The van der Waals surface area contributed by atoms with Crippen LogP contribution in [-0.2, 0) is 0 Å². The highest BCUT2D eigenvalue weighted by molar-refractivity contribution is 5.97. The molecule has 0 aliphatic heterocycles. The van der Waals surface area contributed by atoms with Crippen LogP contribution in [0.5, 0.6) is 0 Å². The lowest BCUT2D eigenvalue weighted by Crippen LogP contribution is -1.89. The predicted octanol–water partition coefficient (Wildman–Crippen LogP) is 5.09. The largest absolute Gasteiger partial charge is 0.397 e. The number of pyridine rings is 2. The van der Waals surface area contributed by atoms with E-state index < -0.39 is 5.82 Å². The highest BCUT2D eigenvalue weighted by Crippen LogP contribution is 2.34. The third-order valence-corrected chi connectivity index (χ3v) is 5.47. The van der Waals surface area contributed by atoms with Gasteiger partial charge < -0.3 is 10.7 Å². The van der Waals surface area contributed by atoms with Gasteiger partial charge in [0.15, 0.2) is 17.3 Å². The van der Waals surface area contributed by atoms with Gasteiger partial charge in [-0.2, -0.15) is 5.10 Å². The van der Waals surface area contributed by atoms with E-state index in [9.17, 15) is 8.78 Å². The lowest BCUT2D eigenvalue weighted by molar-refractivity contribution is 0.628. The Morgan fingerprint density at radius 3 is 2.67 bits per heavy atom. The van der Waals surface area contributed by atoms with Gasteiger partial charge in [0.05, 0.1) is 11.2 Å². The molecular formula is C24H15F2N7. The zero-order valence-corrected chi connectivity index (χ0v) is 17.0. The number of hydrogen-bond donors (Lipinski definition) is 3. The van der Waals surface area contributed by atoms with Gasteiger partial charge in [0.1, 0.15) is 17.0 Å². The van der Waals surface area contributed by atoms with E-state index in [2.05, 4.69) is 30.1 Å². The maximum absolute atomic E-state index is 14.9. The summed E-state index contributed by atoms with van der Waals surface area (Å²) in [7, 11) is 0. The molecule has 0 aliphatic carbocycles. The Hall–Kier alpha value is -4.66. The van der Waals surface area contributed by atoms with Crippen LogP contribution < -0.4 is 5.73 Å². The average molecular weight is 439 g/mol. The van der Waals surface area contributed by atoms with E-state index in [1.807, 2.05) is 12.1 Å². The number of nitrogens with two attached hydrogens (primary N) is 1. The second kappa shape index (κ2) is 7.20. The number of nitrogens with zero attached hydrogens (tertiary/aromatic N) is 4. The number of imidazole rings is 1. The molecule has 9 heteroatoms. The molecule has 0 unspecified atom stereocenters. The van der Waals surface area contributed by atoms with Crippen LogP contribution in [0.1, 0.15) is 0 Å². The van der Waals surface area contributed by atoms with Crippen molar-refractivity contribution in [2.45, 2.75) is 0 Å². The van der Waals surface area contributed by atoms with Gasteiger partial charge in [0.2, 0.25) is 0 Å². The van der Waals surface area contributed by atoms with Crippen molar-refractivity contribution in [2.24, 2.45) is 0 Å². The van der Waals surface area contributed by atoms with E-state index in [-0.39, 0.29) is 11.3 Å². The van der Waals surface area contributed by atoms with Gasteiger partial charge in [-0.05, 0) is 47.5 Å². The van der Waals surface area contributed by atoms with Crippen molar-refractivity contribution in [3.63, 3.8) is 0 Å². The van der Waals surface area contributed by atoms with Gasteiger partial charge in [-0.3, -0.25) is 10.1 Å². The van der Waals surface area contributed by atoms with Crippen molar-refractivity contribution in [2.75, 3.05) is 5.73 Å². The van der Waals surface area contributed by atoms with Crippen LogP contribution in [0.4, 0.5) is 14.5 Å². The number of nitrogens with one attached hydrogen (secondary N) is 2. The number of fused-ring (bicyclic) bond motifs is 2. The number of anilines is 1. The van der Waals surface area contributed by atoms with E-state index in [0.29, 0.717) is 50.4 Å². The van der Waals surface area contributed by atoms with Gasteiger partial charge >= 0.3 is 0 Å². The normalized spacial score (nSPS) is 11.5. The summed E-state index contributed by atoms with van der Waals surface area (Å²) in [6.45, 7) is 0. The number of aromatic nitrogens is 6. The van der Waals surface area contributed by atoms with Gasteiger partial charge in [-0.15, -0.1) is 0 Å². The predicted molar refractivity (Wildman–Crippen MR) is 122 cm³/mol. The highest BCUT2D eigenvalue weighted by atomic mass is 19.1. The third kappa shape index (κ3) is 3.18. The number of rotatable bonds is 3. The van der Waals surface area contributed by atoms with Crippen molar-refractivity contribution < 1.29 is 8.78 Å². The fourth-order valence-electron chi connectivity index (χ4n) is 3.96. The minimum Gasteiger partial charge on any atom is -0.397 e. The molecule has 0 saturated heterocycles. The summed E-state index contributed by atoms with van der Waals surface area (Å²) < 4.78 is 28.7. The summed E-state index contributed by atoms with van der Waals surface area (Å²) in [5, 5.41) is 7.56. The number of benzene rings is 2. The molecule has 6 aromatic rings. The van der Waals surface area contributed by atoms with E-state index in [0.717, 1.165) is 5.56 Å². The summed E-state index contributed by atoms with van der Waals surface area (Å²) in [4.78, 5) is 16.2. The zero-order chi connectivity index (χ0) is 22.5. The molecule has 0 atom stereocenters. The fourth-order valence-corrected chi connectivity index (χ4v) is 3.96. The monoisotopic (exact) mass is 439 g/mol. The molecule has 7 nitrogen and oxygen atoms in total. The molecule has 33 heavy (non-hydrogen) atoms. The molecule has 0 fully saturated rings. The molecule has 0 saturated carbocycles. The Morgan fingerprint density at radius 2 is 1.82 bits per heavy atom. The summed E-state index contributed by atoms with van der Waals surface area (Å²) in [5.74, 6) is -0.385. The molecule has 4 aromatic heterocycles. The Morgan fingerprint density at radius 1 is 0.909 bits per heavy atom. The average Bonchev–Trinajstić information content (AvgIpc) is 3.43. The second-order valence-corrected chi connectivity index (χ2v) is 7.61. The molecule has 6 rings (SSSR count). The van der Waals surface area contributed by atoms with Crippen LogP contribution >= 0.6 is 0 Å². The van der Waals surface area contributed by atoms with E-state index in [1.54, 1.807) is 30.6 Å². The summed E-state index contributed by atoms with van der Waals surface area (Å²) in [6.07, 6.45) is 4.76. The van der Waals surface area contributed by atoms with Crippen LogP contribution in [0.25, 0.3) is 55.8 Å². The van der Waals surface area contributed by atoms with E-state index >= 15 is 0 Å². The number of H-pyrrole nitrogens is 2. The summed E-state index contributed by atoms with van der Waals surface area (Å²) in [5.41, 5.74) is 10.8. The Kier molecular flexibility index (Phi) is 4.16. The Balaban J connectivity index is 1.54. The van der Waals surface area contributed by atoms with Crippen LogP contribution in [-0.4, -0.2) is 30.1 Å². The highest BCUT2D eigenvalue weighted by Gasteiger charge is 2.18. The molecule has 160 valence electrons. The minimum absolute atomic E-state index is 0.185. The first-order chi connectivity index (χ1) is 16.1. The van der Waals surface area contributed by atoms with E-state index in [4.69, 9.17) is 5.73 Å². The van der Waals surface area contributed by atoms with Crippen LogP contribution in [0.15, 0.2) is 67.1 Å². The first kappa shape index (κ1) is 19.1. The van der Waals surface area contributed by atoms with Crippen molar-refractivity contribution in [3.05, 3.63) is 78.8 Å². The maximum atomic E-state index is 14.9. The van der Waals surface area contributed by atoms with Crippen LogP contribution in [0.3, 0.4) is 0 Å². The van der Waals surface area contributed by atoms with Crippen LogP contribution in [0, 0.1) is 11.6 Å². The standard InChI is InChI=1S/C24H15F2N7/c25-15-3-1-2-12(6-15)17-4-5-29-23-21(17)30-24(31-23)22-18-8-13(9-19(26)20(18)32-33-22)14-7-16(27)11-28-10-14/h1-11H,27H2,(H,32,33)(H,29,30,31). The van der Waals surface area contributed by atoms with E-state index in [1.165, 1.54) is 24.4 Å². The first-order valence-electron chi connectivity index (χ1n) is 10.1. The first-order valence-corrected chi connectivity index (χ1v) is 10.1. The molecule has 0 bridgehead atoms. The number of nitrogen functional groups attached to an aromatic ring is 1. The Bertz CT molecular complexity index is 1670. The minimum atomic E-state index is -0.484. The number of aromatic amines is 2. The fraction of sp³-hybridized carbons (Fsp3) is 0. The van der Waals surface area contributed by atoms with Crippen molar-refractivity contribution in [1.82, 2.24) is 30.1 Å². The molecule has 0 spiro atoms. The van der Waals surface area contributed by atoms with Crippen molar-refractivity contribution >= 4 is 27.8 Å². The molecule has 0 radical (unpaired) electrons. The molecule has 4 N–H and O–H groups in total. The van der Waals surface area contributed by atoms with Gasteiger partial charge in [0.25, 0.3) is 0 Å². The SMILES string of the molecule is Nc1cncc(-c2cc(F)c3n[nH]c(-c4nc5nccc(-c6cccc(F)c6)c5[nH]4)c3c2)c1. The Labute approximate surface area is 185 Å². The lowest BCUT2D eigenvalue weighted by Gasteiger charge is -2.04. The van der Waals surface area contributed by atoms with Crippen molar-refractivity contribution in [1.29, 1.82) is 0 Å². The lowest BCUT2D eigenvalue weighted by atomic mass is 10.0. The molecule has 2 aromatic carbocycles. The topological polar surface area (TPSA) is 109 Å². The smallest absolute Gasteiger partial charge is 0.178 e. The number of hydrogen-bond acceptors (Lipinski definition) is 5. The molecule has 4 heterocycles. The van der Waals surface area contributed by atoms with Crippen molar-refractivity contribution in [3.8, 4) is 33.8 Å². The van der Waals surface area contributed by atoms with Gasteiger partial charge in [0, 0.05) is 35.1 Å². The number of halogens is 2. The molecule has 0 amide bonds. The third-order valence-electron chi connectivity index (χ3n) is 5.47. The summed E-state index contributed by atoms with van der Waals surface area (Å²) in [6, 6.07) is 13.0. The quantitative estimate of drug-likeness (QED) is 0.356. The summed E-state index contributed by atoms with van der Waals surface area (Å²) >= 11 is 0. The second-order valence-electron chi connectivity index (χ2n) is 7.61. The maximum Gasteiger partial charge on any atom is 0.178 e. The zero-order valence-electron chi connectivity index (χ0n) is 17.0. The van der Waals surface area contributed by atoms with Gasteiger partial charge in [-0.25, -0.2) is 18.7 Å². The van der Waals surface area contributed by atoms with Gasteiger partial charge in [-0.1, -0.05) is 12.1 Å².